The lowest BCUT2D eigenvalue weighted by atomic mass is 9.88. The summed E-state index contributed by atoms with van der Waals surface area (Å²) in [7, 11) is 0. The minimum atomic E-state index is -4.43. The number of alkyl halides is 3. The number of rotatable bonds is 4. The molecule has 2 heterocycles. The van der Waals surface area contributed by atoms with E-state index in [4.69, 9.17) is 4.42 Å². The summed E-state index contributed by atoms with van der Waals surface area (Å²) in [5, 5.41) is 3.02. The van der Waals surface area contributed by atoms with Crippen molar-refractivity contribution >= 4 is 5.91 Å². The molecule has 1 amide bonds. The van der Waals surface area contributed by atoms with E-state index in [1.807, 2.05) is 0 Å². The molecule has 1 saturated heterocycles. The van der Waals surface area contributed by atoms with Gasteiger partial charge in [0, 0.05) is 6.54 Å². The SMILES string of the molecule is CC1(C(=O)N(Cc2ccco2)CC(F)(F)F)CCNC1. The number of furan rings is 1. The third-order valence-electron chi connectivity index (χ3n) is 3.47. The second-order valence-corrected chi connectivity index (χ2v) is 5.34. The smallest absolute Gasteiger partial charge is 0.406 e. The molecular weight excluding hydrogens is 273 g/mol. The maximum absolute atomic E-state index is 12.7. The number of hydrogen-bond acceptors (Lipinski definition) is 3. The topological polar surface area (TPSA) is 45.5 Å². The molecule has 0 radical (unpaired) electrons. The molecule has 1 aromatic rings. The molecular formula is C13H17F3N2O2. The summed E-state index contributed by atoms with van der Waals surface area (Å²) in [6.07, 6.45) is -2.51. The van der Waals surface area contributed by atoms with Crippen LogP contribution >= 0.6 is 0 Å². The molecule has 1 unspecified atom stereocenters. The van der Waals surface area contributed by atoms with Gasteiger partial charge in [-0.15, -0.1) is 0 Å². The molecule has 0 bridgehead atoms. The first-order chi connectivity index (χ1) is 9.30. The van der Waals surface area contributed by atoms with Gasteiger partial charge in [-0.1, -0.05) is 0 Å². The largest absolute Gasteiger partial charge is 0.467 e. The highest BCUT2D eigenvalue weighted by Gasteiger charge is 2.42. The zero-order valence-corrected chi connectivity index (χ0v) is 11.2. The molecule has 1 fully saturated rings. The van der Waals surface area contributed by atoms with Gasteiger partial charge < -0.3 is 14.6 Å². The fourth-order valence-electron chi connectivity index (χ4n) is 2.39. The third kappa shape index (κ3) is 3.53. The van der Waals surface area contributed by atoms with E-state index in [0.29, 0.717) is 25.3 Å². The van der Waals surface area contributed by atoms with Gasteiger partial charge in [-0.2, -0.15) is 13.2 Å². The lowest BCUT2D eigenvalue weighted by Crippen LogP contribution is -2.46. The summed E-state index contributed by atoms with van der Waals surface area (Å²) in [5.74, 6) is -0.145. The van der Waals surface area contributed by atoms with E-state index in [0.717, 1.165) is 4.90 Å². The Morgan fingerprint density at radius 2 is 2.30 bits per heavy atom. The number of carbonyl (C=O) groups is 1. The van der Waals surface area contributed by atoms with Crippen molar-refractivity contribution in [1.82, 2.24) is 10.2 Å². The van der Waals surface area contributed by atoms with E-state index in [1.54, 1.807) is 19.1 Å². The zero-order chi connectivity index (χ0) is 14.8. The van der Waals surface area contributed by atoms with Gasteiger partial charge in [0.15, 0.2) is 0 Å². The van der Waals surface area contributed by atoms with Crippen molar-refractivity contribution in [3.8, 4) is 0 Å². The molecule has 0 spiro atoms. The van der Waals surface area contributed by atoms with Crippen LogP contribution in [-0.2, 0) is 11.3 Å². The molecule has 20 heavy (non-hydrogen) atoms. The predicted octanol–water partition coefficient (Wildman–Crippen LogP) is 2.17. The molecule has 4 nitrogen and oxygen atoms in total. The second kappa shape index (κ2) is 5.47. The van der Waals surface area contributed by atoms with Gasteiger partial charge in [0.05, 0.1) is 18.2 Å². The van der Waals surface area contributed by atoms with Crippen LogP contribution in [0.4, 0.5) is 13.2 Å². The number of halogens is 3. The van der Waals surface area contributed by atoms with Crippen LogP contribution in [0.15, 0.2) is 22.8 Å². The van der Waals surface area contributed by atoms with Crippen molar-refractivity contribution in [2.45, 2.75) is 26.1 Å². The maximum atomic E-state index is 12.7. The predicted molar refractivity (Wildman–Crippen MR) is 65.8 cm³/mol. The molecule has 7 heteroatoms. The van der Waals surface area contributed by atoms with Gasteiger partial charge in [0.2, 0.25) is 5.91 Å². The van der Waals surface area contributed by atoms with Crippen molar-refractivity contribution in [3.05, 3.63) is 24.2 Å². The molecule has 0 aliphatic carbocycles. The molecule has 0 aromatic carbocycles. The Hall–Kier alpha value is -1.50. The highest BCUT2D eigenvalue weighted by Crippen LogP contribution is 2.30. The highest BCUT2D eigenvalue weighted by atomic mass is 19.4. The van der Waals surface area contributed by atoms with Crippen LogP contribution in [0.25, 0.3) is 0 Å². The van der Waals surface area contributed by atoms with Gasteiger partial charge in [-0.05, 0) is 32.0 Å². The number of nitrogens with zero attached hydrogens (tertiary/aromatic N) is 1. The monoisotopic (exact) mass is 290 g/mol. The Kier molecular flexibility index (Phi) is 4.08. The normalized spacial score (nSPS) is 23.0. The minimum absolute atomic E-state index is 0.166. The van der Waals surface area contributed by atoms with Gasteiger partial charge in [-0.3, -0.25) is 4.79 Å². The van der Waals surface area contributed by atoms with E-state index in [-0.39, 0.29) is 6.54 Å². The van der Waals surface area contributed by atoms with Crippen LogP contribution in [0.3, 0.4) is 0 Å². The molecule has 0 saturated carbocycles. The van der Waals surface area contributed by atoms with E-state index in [1.165, 1.54) is 6.26 Å². The van der Waals surface area contributed by atoms with Crippen molar-refractivity contribution in [2.24, 2.45) is 5.41 Å². The summed E-state index contributed by atoms with van der Waals surface area (Å²) in [6, 6.07) is 3.15. The summed E-state index contributed by atoms with van der Waals surface area (Å²) in [4.78, 5) is 13.2. The Bertz CT molecular complexity index is 451. The Morgan fingerprint density at radius 3 is 2.80 bits per heavy atom. The van der Waals surface area contributed by atoms with Crippen LogP contribution in [0.1, 0.15) is 19.1 Å². The fraction of sp³-hybridized carbons (Fsp3) is 0.615. The first-order valence-corrected chi connectivity index (χ1v) is 6.39. The molecule has 1 aromatic heterocycles. The number of nitrogens with one attached hydrogen (secondary N) is 1. The first-order valence-electron chi connectivity index (χ1n) is 6.39. The maximum Gasteiger partial charge on any atom is 0.406 e. The van der Waals surface area contributed by atoms with E-state index in [9.17, 15) is 18.0 Å². The molecule has 1 aliphatic rings. The Morgan fingerprint density at radius 1 is 1.55 bits per heavy atom. The summed E-state index contributed by atoms with van der Waals surface area (Å²) in [6.45, 7) is 1.31. The molecule has 1 aliphatic heterocycles. The van der Waals surface area contributed by atoms with Crippen LogP contribution in [-0.4, -0.2) is 36.6 Å². The van der Waals surface area contributed by atoms with E-state index >= 15 is 0 Å². The fourth-order valence-corrected chi connectivity index (χ4v) is 2.39. The third-order valence-corrected chi connectivity index (χ3v) is 3.47. The van der Waals surface area contributed by atoms with Crippen molar-refractivity contribution in [1.29, 1.82) is 0 Å². The van der Waals surface area contributed by atoms with E-state index < -0.39 is 24.0 Å². The molecule has 2 rings (SSSR count). The van der Waals surface area contributed by atoms with Gasteiger partial charge in [0.25, 0.3) is 0 Å². The Labute approximate surface area is 114 Å². The van der Waals surface area contributed by atoms with Gasteiger partial charge in [0.1, 0.15) is 12.3 Å². The van der Waals surface area contributed by atoms with Crippen molar-refractivity contribution in [2.75, 3.05) is 19.6 Å². The summed E-state index contributed by atoms with van der Waals surface area (Å²) >= 11 is 0. The standard InChI is InChI=1S/C13H17F3N2O2/c1-12(4-5-17-8-12)11(19)18(9-13(14,15)16)7-10-3-2-6-20-10/h2-3,6,17H,4-5,7-9H2,1H3. The van der Waals surface area contributed by atoms with Crippen molar-refractivity contribution in [3.63, 3.8) is 0 Å². The van der Waals surface area contributed by atoms with Crippen LogP contribution in [0, 0.1) is 5.41 Å². The van der Waals surface area contributed by atoms with Crippen LogP contribution < -0.4 is 5.32 Å². The van der Waals surface area contributed by atoms with E-state index in [2.05, 4.69) is 5.32 Å². The molecule has 1 atom stereocenters. The average molecular weight is 290 g/mol. The quantitative estimate of drug-likeness (QED) is 0.924. The van der Waals surface area contributed by atoms with Crippen LogP contribution in [0.2, 0.25) is 0 Å². The minimum Gasteiger partial charge on any atom is -0.467 e. The zero-order valence-electron chi connectivity index (χ0n) is 11.2. The highest BCUT2D eigenvalue weighted by molar-refractivity contribution is 5.83. The summed E-state index contributed by atoms with van der Waals surface area (Å²) in [5.41, 5.74) is -0.780. The lowest BCUT2D eigenvalue weighted by Gasteiger charge is -2.31. The van der Waals surface area contributed by atoms with Gasteiger partial charge >= 0.3 is 6.18 Å². The number of hydrogen-bond donors (Lipinski definition) is 1. The first kappa shape index (κ1) is 14.9. The molecule has 112 valence electrons. The second-order valence-electron chi connectivity index (χ2n) is 5.34. The summed E-state index contributed by atoms with van der Waals surface area (Å²) < 4.78 is 43.0. The van der Waals surface area contributed by atoms with Crippen molar-refractivity contribution < 1.29 is 22.4 Å². The number of carbonyl (C=O) groups excluding carboxylic acids is 1. The van der Waals surface area contributed by atoms with Gasteiger partial charge in [-0.25, -0.2) is 0 Å². The number of amides is 1. The lowest BCUT2D eigenvalue weighted by molar-refractivity contribution is -0.168. The average Bonchev–Trinajstić information content (AvgIpc) is 2.98. The van der Waals surface area contributed by atoms with Crippen LogP contribution in [0.5, 0.6) is 0 Å². The Balaban J connectivity index is 2.15. The molecule has 1 N–H and O–H groups in total.